The van der Waals surface area contributed by atoms with Gasteiger partial charge in [-0.3, -0.25) is 4.42 Å². The molecule has 5 aromatic rings. The van der Waals surface area contributed by atoms with Crippen molar-refractivity contribution in [1.82, 2.24) is 4.98 Å². The zero-order chi connectivity index (χ0) is 22.9. The molecule has 6 rings (SSSR count). The number of aromatic nitrogens is 1. The van der Waals surface area contributed by atoms with Crippen LogP contribution in [-0.2, 0) is 0 Å². The van der Waals surface area contributed by atoms with Crippen LogP contribution in [0.3, 0.4) is 0 Å². The highest BCUT2D eigenvalue weighted by Gasteiger charge is 2.35. The van der Waals surface area contributed by atoms with E-state index in [0.29, 0.717) is 5.71 Å². The van der Waals surface area contributed by atoms with Gasteiger partial charge in [0.2, 0.25) is 0 Å². The molecule has 3 aromatic carbocycles. The first-order chi connectivity index (χ1) is 15.8. The van der Waals surface area contributed by atoms with Gasteiger partial charge in [-0.15, -0.1) is 12.1 Å². The highest BCUT2D eigenvalue weighted by molar-refractivity contribution is 6.94. The maximum Gasteiger partial charge on any atom is 0.377 e. The van der Waals surface area contributed by atoms with Gasteiger partial charge in [0, 0.05) is 13.5 Å². The van der Waals surface area contributed by atoms with Gasteiger partial charge < -0.3 is 0 Å². The third-order valence-corrected chi connectivity index (χ3v) is 8.63. The van der Waals surface area contributed by atoms with Crippen molar-refractivity contribution in [2.45, 2.75) is 26.6 Å². The fraction of sp³-hybridized carbons (Fsp3) is 0.138. The number of pyridine rings is 1. The molecule has 1 aliphatic heterocycles. The molecule has 0 saturated heterocycles. The second-order valence-electron chi connectivity index (χ2n) is 9.95. The number of nitrogens with zero attached hydrogens (tertiary/aromatic N) is 2. The lowest BCUT2D eigenvalue weighted by Crippen LogP contribution is -2.29. The van der Waals surface area contributed by atoms with Crippen LogP contribution in [0.15, 0.2) is 77.4 Å². The summed E-state index contributed by atoms with van der Waals surface area (Å²) in [5, 5.41) is 6.14. The molecule has 0 amide bonds. The molecular formula is C29H26N2OSi. The Labute approximate surface area is 194 Å². The van der Waals surface area contributed by atoms with Crippen LogP contribution in [-0.4, -0.2) is 24.4 Å². The van der Waals surface area contributed by atoms with E-state index >= 15 is 0 Å². The second-order valence-corrected chi connectivity index (χ2v) is 15.0. The van der Waals surface area contributed by atoms with Crippen LogP contribution < -0.4 is 0 Å². The Hall–Kier alpha value is -3.63. The van der Waals surface area contributed by atoms with E-state index in [4.69, 9.17) is 4.42 Å². The molecule has 4 heteroatoms. The molecule has 33 heavy (non-hydrogen) atoms. The van der Waals surface area contributed by atoms with E-state index in [-0.39, 0.29) is 0 Å². The van der Waals surface area contributed by atoms with Gasteiger partial charge in [0.05, 0.1) is 12.3 Å². The zero-order valence-corrected chi connectivity index (χ0v) is 20.4. The molecule has 1 aliphatic rings. The molecule has 0 saturated carbocycles. The normalized spacial score (nSPS) is 14.2. The van der Waals surface area contributed by atoms with E-state index in [1.54, 1.807) is 6.20 Å². The Kier molecular flexibility index (Phi) is 4.20. The van der Waals surface area contributed by atoms with Crippen molar-refractivity contribution in [3.05, 3.63) is 95.7 Å². The summed E-state index contributed by atoms with van der Waals surface area (Å²) < 4.78 is 8.40. The summed E-state index contributed by atoms with van der Waals surface area (Å²) in [6.45, 7) is 13.9. The number of hydrogen-bond donors (Lipinski definition) is 0. The van der Waals surface area contributed by atoms with Crippen molar-refractivity contribution >= 4 is 58.5 Å². The summed E-state index contributed by atoms with van der Waals surface area (Å²) in [5.41, 5.74) is 6.26. The minimum absolute atomic E-state index is 0.673. The fourth-order valence-electron chi connectivity index (χ4n) is 5.05. The van der Waals surface area contributed by atoms with E-state index in [1.807, 2.05) is 6.07 Å². The van der Waals surface area contributed by atoms with E-state index in [2.05, 4.69) is 104 Å². The summed E-state index contributed by atoms with van der Waals surface area (Å²) in [6, 6.07) is 22.6. The van der Waals surface area contributed by atoms with Gasteiger partial charge in [-0.1, -0.05) is 72.9 Å². The molecule has 2 aromatic heterocycles. The van der Waals surface area contributed by atoms with Crippen LogP contribution in [0.4, 0.5) is 5.69 Å². The van der Waals surface area contributed by atoms with Crippen LogP contribution in [0.25, 0.3) is 38.0 Å². The SMILES string of the molecule is C=[N+]1c2ccc3ccccc3c2C([Si](C)(C)C)=C[C-]1c1cc(C)cc2c1[o+][c-]1ncccc21. The summed E-state index contributed by atoms with van der Waals surface area (Å²) in [5.74, 6) is 0. The van der Waals surface area contributed by atoms with E-state index in [0.717, 1.165) is 33.6 Å². The van der Waals surface area contributed by atoms with Crippen molar-refractivity contribution in [2.75, 3.05) is 0 Å². The highest BCUT2D eigenvalue weighted by Crippen LogP contribution is 2.46. The van der Waals surface area contributed by atoms with Gasteiger partial charge in [-0.05, 0) is 47.0 Å². The smallest absolute Gasteiger partial charge is 0.268 e. The van der Waals surface area contributed by atoms with Crippen LogP contribution in [0.2, 0.25) is 19.6 Å². The Morgan fingerprint density at radius 2 is 1.79 bits per heavy atom. The predicted octanol–water partition coefficient (Wildman–Crippen LogP) is 7.64. The predicted molar refractivity (Wildman–Crippen MR) is 141 cm³/mol. The number of aryl methyl sites for hydroxylation is 1. The van der Waals surface area contributed by atoms with Crippen LogP contribution in [0.1, 0.15) is 16.7 Å². The van der Waals surface area contributed by atoms with Crippen LogP contribution in [0.5, 0.6) is 0 Å². The summed E-state index contributed by atoms with van der Waals surface area (Å²) >= 11 is 0. The Morgan fingerprint density at radius 3 is 2.61 bits per heavy atom. The molecule has 162 valence electrons. The van der Waals surface area contributed by atoms with Crippen molar-refractivity contribution in [2.24, 2.45) is 0 Å². The average Bonchev–Trinajstić information content (AvgIpc) is 3.16. The van der Waals surface area contributed by atoms with Crippen molar-refractivity contribution in [3.8, 4) is 0 Å². The molecule has 0 atom stereocenters. The van der Waals surface area contributed by atoms with Crippen molar-refractivity contribution < 1.29 is 8.99 Å². The molecule has 0 N–H and O–H groups in total. The number of hydrogen-bond acceptors (Lipinski definition) is 1. The molecule has 0 bridgehead atoms. The number of fused-ring (bicyclic) bond motifs is 6. The van der Waals surface area contributed by atoms with Gasteiger partial charge in [0.25, 0.3) is 5.58 Å². The van der Waals surface area contributed by atoms with Gasteiger partial charge in [-0.25, -0.2) is 9.56 Å². The molecule has 0 fully saturated rings. The van der Waals surface area contributed by atoms with Gasteiger partial charge in [-0.2, -0.15) is 0 Å². The summed E-state index contributed by atoms with van der Waals surface area (Å²) in [6.07, 6.45) is 4.14. The molecule has 3 nitrogen and oxygen atoms in total. The number of rotatable bonds is 2. The standard InChI is InChI=1S/C29H26N2OSi/c1-18-15-22-21-11-8-14-30-29(21)32-28(22)23(16-18)25-17-26(33(3,4)5)27-20-10-7-6-9-19(20)12-13-24(27)31(25)2/h6-17H,2H2,1,3-5H3. The van der Waals surface area contributed by atoms with E-state index < -0.39 is 8.07 Å². The first-order valence-electron chi connectivity index (χ1n) is 11.3. The molecule has 0 unspecified atom stereocenters. The second kappa shape index (κ2) is 6.93. The molecule has 0 radical (unpaired) electrons. The summed E-state index contributed by atoms with van der Waals surface area (Å²) in [4.78, 5) is 4.46. The third-order valence-electron chi connectivity index (χ3n) is 6.62. The topological polar surface area (TPSA) is 27.2 Å². The third kappa shape index (κ3) is 2.98. The monoisotopic (exact) mass is 446 g/mol. The number of benzene rings is 3. The molecule has 0 spiro atoms. The summed E-state index contributed by atoms with van der Waals surface area (Å²) in [7, 11) is -1.70. The molecular weight excluding hydrogens is 420 g/mol. The first kappa shape index (κ1) is 20.0. The lowest BCUT2D eigenvalue weighted by atomic mass is 9.93. The quantitative estimate of drug-likeness (QED) is 0.121. The number of furan rings is 1. The van der Waals surface area contributed by atoms with Crippen molar-refractivity contribution in [3.63, 3.8) is 0 Å². The highest BCUT2D eigenvalue weighted by atomic mass is 28.3. The van der Waals surface area contributed by atoms with Gasteiger partial charge in [0.15, 0.2) is 11.7 Å². The average molecular weight is 447 g/mol. The Balaban J connectivity index is 1.67. The Morgan fingerprint density at radius 1 is 0.970 bits per heavy atom. The minimum atomic E-state index is -1.70. The molecule has 3 heterocycles. The van der Waals surface area contributed by atoms with Gasteiger partial charge >= 0.3 is 5.71 Å². The van der Waals surface area contributed by atoms with Crippen molar-refractivity contribution in [1.29, 1.82) is 0 Å². The molecule has 0 aliphatic carbocycles. The lowest BCUT2D eigenvalue weighted by molar-refractivity contribution is -0.400. The van der Waals surface area contributed by atoms with Gasteiger partial charge in [0.1, 0.15) is 0 Å². The maximum absolute atomic E-state index is 6.31. The van der Waals surface area contributed by atoms with Crippen LogP contribution in [0, 0.1) is 13.0 Å². The van der Waals surface area contributed by atoms with E-state index in [9.17, 15) is 0 Å². The lowest BCUT2D eigenvalue weighted by Gasteiger charge is -2.33. The first-order valence-corrected chi connectivity index (χ1v) is 14.8. The largest absolute Gasteiger partial charge is 0.377 e. The van der Waals surface area contributed by atoms with E-state index in [1.165, 1.54) is 27.1 Å². The Bertz CT molecular complexity index is 1630. The maximum atomic E-state index is 6.31. The van der Waals surface area contributed by atoms with Crippen LogP contribution >= 0.6 is 0 Å². The minimum Gasteiger partial charge on any atom is -0.268 e. The zero-order valence-electron chi connectivity index (χ0n) is 19.4. The fourth-order valence-corrected chi connectivity index (χ4v) is 6.63.